The summed E-state index contributed by atoms with van der Waals surface area (Å²) in [5.41, 5.74) is 1.19. The lowest BCUT2D eigenvalue weighted by atomic mass is 10.2. The molecule has 1 aromatic carbocycles. The third-order valence-electron chi connectivity index (χ3n) is 2.18. The molecule has 0 radical (unpaired) electrons. The fourth-order valence-electron chi connectivity index (χ4n) is 1.43. The lowest BCUT2D eigenvalue weighted by Crippen LogP contribution is -2.18. The first kappa shape index (κ1) is 16.6. The van der Waals surface area contributed by atoms with Crippen molar-refractivity contribution in [2.45, 2.75) is 27.3 Å². The lowest BCUT2D eigenvalue weighted by molar-refractivity contribution is 0.340. The molecular formula is C13H21Cl2NO. The van der Waals surface area contributed by atoms with Crippen molar-refractivity contribution in [3.05, 3.63) is 28.8 Å². The molecule has 17 heavy (non-hydrogen) atoms. The fourth-order valence-corrected chi connectivity index (χ4v) is 1.69. The summed E-state index contributed by atoms with van der Waals surface area (Å²) in [5.74, 6) is 1.43. The van der Waals surface area contributed by atoms with Crippen LogP contribution in [-0.2, 0) is 6.54 Å². The fraction of sp³-hybridized carbons (Fsp3) is 0.538. The molecule has 0 saturated heterocycles. The van der Waals surface area contributed by atoms with Crippen molar-refractivity contribution in [3.8, 4) is 5.75 Å². The van der Waals surface area contributed by atoms with Crippen LogP contribution >= 0.6 is 24.0 Å². The molecule has 0 fully saturated rings. The van der Waals surface area contributed by atoms with E-state index in [1.807, 2.05) is 25.1 Å². The minimum Gasteiger partial charge on any atom is -0.492 e. The topological polar surface area (TPSA) is 21.3 Å². The molecule has 2 nitrogen and oxygen atoms in total. The van der Waals surface area contributed by atoms with Crippen LogP contribution in [-0.4, -0.2) is 13.2 Å². The van der Waals surface area contributed by atoms with Gasteiger partial charge in [-0.3, -0.25) is 0 Å². The smallest absolute Gasteiger partial charge is 0.137 e. The molecule has 98 valence electrons. The summed E-state index contributed by atoms with van der Waals surface area (Å²) in [6.07, 6.45) is 0. The largest absolute Gasteiger partial charge is 0.492 e. The number of benzene rings is 1. The first-order chi connectivity index (χ1) is 7.63. The van der Waals surface area contributed by atoms with Crippen molar-refractivity contribution in [2.75, 3.05) is 13.2 Å². The molecule has 0 unspecified atom stereocenters. The monoisotopic (exact) mass is 277 g/mol. The highest BCUT2D eigenvalue weighted by molar-refractivity contribution is 6.32. The van der Waals surface area contributed by atoms with Crippen molar-refractivity contribution in [1.29, 1.82) is 0 Å². The Kier molecular flexibility index (Phi) is 8.40. The maximum absolute atomic E-state index is 6.10. The molecule has 0 aromatic heterocycles. The highest BCUT2D eigenvalue weighted by Gasteiger charge is 2.02. The maximum Gasteiger partial charge on any atom is 0.137 e. The molecule has 1 N–H and O–H groups in total. The van der Waals surface area contributed by atoms with Gasteiger partial charge in [0, 0.05) is 6.54 Å². The molecule has 0 atom stereocenters. The second kappa shape index (κ2) is 8.62. The van der Waals surface area contributed by atoms with Crippen LogP contribution in [0.5, 0.6) is 5.75 Å². The van der Waals surface area contributed by atoms with Gasteiger partial charge in [0.2, 0.25) is 0 Å². The predicted molar refractivity (Wildman–Crippen MR) is 76.4 cm³/mol. The van der Waals surface area contributed by atoms with Crippen LogP contribution in [0.25, 0.3) is 0 Å². The second-order valence-electron chi connectivity index (χ2n) is 4.22. The van der Waals surface area contributed by atoms with Crippen molar-refractivity contribution in [2.24, 2.45) is 5.92 Å². The summed E-state index contributed by atoms with van der Waals surface area (Å²) in [5, 5.41) is 4.07. The van der Waals surface area contributed by atoms with E-state index in [1.165, 1.54) is 5.56 Å². The summed E-state index contributed by atoms with van der Waals surface area (Å²) in [4.78, 5) is 0. The Labute approximate surface area is 115 Å². The third kappa shape index (κ3) is 6.16. The first-order valence-corrected chi connectivity index (χ1v) is 6.13. The van der Waals surface area contributed by atoms with Gasteiger partial charge < -0.3 is 10.1 Å². The van der Waals surface area contributed by atoms with Crippen LogP contribution in [0.15, 0.2) is 18.2 Å². The van der Waals surface area contributed by atoms with E-state index >= 15 is 0 Å². The highest BCUT2D eigenvalue weighted by Crippen LogP contribution is 2.25. The SMILES string of the molecule is CCOc1ccc(CNCC(C)C)cc1Cl.Cl. The van der Waals surface area contributed by atoms with Crippen molar-refractivity contribution >= 4 is 24.0 Å². The van der Waals surface area contributed by atoms with E-state index in [4.69, 9.17) is 16.3 Å². The van der Waals surface area contributed by atoms with E-state index in [0.29, 0.717) is 17.5 Å². The van der Waals surface area contributed by atoms with Gasteiger partial charge >= 0.3 is 0 Å². The standard InChI is InChI=1S/C13H20ClNO.ClH/c1-4-16-13-6-5-11(7-12(13)14)9-15-8-10(2)3;/h5-7,10,15H,4,8-9H2,1-3H3;1H. The van der Waals surface area contributed by atoms with Gasteiger partial charge in [-0.25, -0.2) is 0 Å². The van der Waals surface area contributed by atoms with Gasteiger partial charge in [0.15, 0.2) is 0 Å². The average molecular weight is 278 g/mol. The molecule has 0 bridgehead atoms. The van der Waals surface area contributed by atoms with Gasteiger partial charge in [-0.2, -0.15) is 0 Å². The number of nitrogens with one attached hydrogen (secondary N) is 1. The number of halogens is 2. The molecule has 4 heteroatoms. The summed E-state index contributed by atoms with van der Waals surface area (Å²) in [6.45, 7) is 8.85. The van der Waals surface area contributed by atoms with Crippen LogP contribution in [0.3, 0.4) is 0 Å². The van der Waals surface area contributed by atoms with E-state index < -0.39 is 0 Å². The van der Waals surface area contributed by atoms with E-state index in [0.717, 1.165) is 18.8 Å². The van der Waals surface area contributed by atoms with Crippen molar-refractivity contribution in [3.63, 3.8) is 0 Å². The quantitative estimate of drug-likeness (QED) is 0.852. The van der Waals surface area contributed by atoms with Gasteiger partial charge in [-0.05, 0) is 37.1 Å². The van der Waals surface area contributed by atoms with Crippen molar-refractivity contribution in [1.82, 2.24) is 5.32 Å². The minimum absolute atomic E-state index is 0. The Bertz CT molecular complexity index is 329. The Morgan fingerprint density at radius 3 is 2.59 bits per heavy atom. The van der Waals surface area contributed by atoms with Gasteiger partial charge in [0.25, 0.3) is 0 Å². The summed E-state index contributed by atoms with van der Waals surface area (Å²) >= 11 is 6.10. The Balaban J connectivity index is 0.00000256. The van der Waals surface area contributed by atoms with Gasteiger partial charge in [0.1, 0.15) is 5.75 Å². The molecule has 0 spiro atoms. The Morgan fingerprint density at radius 2 is 2.06 bits per heavy atom. The number of hydrogen-bond donors (Lipinski definition) is 1. The molecule has 0 aliphatic carbocycles. The highest BCUT2D eigenvalue weighted by atomic mass is 35.5. The van der Waals surface area contributed by atoms with Crippen LogP contribution in [0.1, 0.15) is 26.3 Å². The molecule has 0 aliphatic rings. The first-order valence-electron chi connectivity index (χ1n) is 5.75. The third-order valence-corrected chi connectivity index (χ3v) is 2.47. The molecule has 1 aromatic rings. The maximum atomic E-state index is 6.10. The van der Waals surface area contributed by atoms with E-state index in [-0.39, 0.29) is 12.4 Å². The summed E-state index contributed by atoms with van der Waals surface area (Å²) in [6, 6.07) is 5.93. The number of rotatable bonds is 6. The van der Waals surface area contributed by atoms with E-state index in [9.17, 15) is 0 Å². The average Bonchev–Trinajstić information content (AvgIpc) is 2.21. The number of hydrogen-bond acceptors (Lipinski definition) is 2. The zero-order valence-corrected chi connectivity index (χ0v) is 12.2. The van der Waals surface area contributed by atoms with Crippen LogP contribution in [0, 0.1) is 5.92 Å². The molecule has 1 rings (SSSR count). The van der Waals surface area contributed by atoms with Crippen LogP contribution in [0.4, 0.5) is 0 Å². The van der Waals surface area contributed by atoms with E-state index in [2.05, 4.69) is 19.2 Å². The second-order valence-corrected chi connectivity index (χ2v) is 4.63. The zero-order chi connectivity index (χ0) is 12.0. The molecule has 0 saturated carbocycles. The predicted octanol–water partition coefficient (Wildman–Crippen LogP) is 3.91. The van der Waals surface area contributed by atoms with Gasteiger partial charge in [-0.1, -0.05) is 31.5 Å². The molecular weight excluding hydrogens is 257 g/mol. The molecule has 0 heterocycles. The van der Waals surface area contributed by atoms with Crippen LogP contribution < -0.4 is 10.1 Å². The number of ether oxygens (including phenoxy) is 1. The zero-order valence-electron chi connectivity index (χ0n) is 10.6. The summed E-state index contributed by atoms with van der Waals surface area (Å²) in [7, 11) is 0. The Hall–Kier alpha value is -0.440. The molecule has 0 aliphatic heterocycles. The minimum atomic E-state index is 0. The van der Waals surface area contributed by atoms with Gasteiger partial charge in [0.05, 0.1) is 11.6 Å². The van der Waals surface area contributed by atoms with Gasteiger partial charge in [-0.15, -0.1) is 12.4 Å². The summed E-state index contributed by atoms with van der Waals surface area (Å²) < 4.78 is 5.38. The van der Waals surface area contributed by atoms with Crippen molar-refractivity contribution < 1.29 is 4.74 Å². The Morgan fingerprint density at radius 1 is 1.35 bits per heavy atom. The van der Waals surface area contributed by atoms with E-state index in [1.54, 1.807) is 0 Å². The normalized spacial score (nSPS) is 10.2. The van der Waals surface area contributed by atoms with Crippen LogP contribution in [0.2, 0.25) is 5.02 Å². The lowest BCUT2D eigenvalue weighted by Gasteiger charge is -2.10. The molecule has 0 amide bonds.